The maximum atomic E-state index is 6.13. The second-order valence-electron chi connectivity index (χ2n) is 6.97. The van der Waals surface area contributed by atoms with Crippen molar-refractivity contribution < 1.29 is 0 Å². The molecule has 0 aromatic heterocycles. The molecule has 1 aliphatic rings. The maximum absolute atomic E-state index is 6.13. The first-order chi connectivity index (χ1) is 8.84. The van der Waals surface area contributed by atoms with Gasteiger partial charge in [-0.05, 0) is 48.8 Å². The van der Waals surface area contributed by atoms with Gasteiger partial charge in [0.25, 0.3) is 0 Å². The highest BCUT2D eigenvalue weighted by molar-refractivity contribution is 9.10. The number of halogens is 1. The minimum atomic E-state index is 0.0297. The molecular weight excluding hydrogens is 300 g/mol. The van der Waals surface area contributed by atoms with Crippen molar-refractivity contribution in [3.05, 3.63) is 28.7 Å². The molecule has 0 bridgehead atoms. The Balaban J connectivity index is 2.22. The van der Waals surface area contributed by atoms with Crippen LogP contribution in [0.1, 0.15) is 40.0 Å². The van der Waals surface area contributed by atoms with Gasteiger partial charge in [-0.1, -0.05) is 42.8 Å². The first-order valence-electron chi connectivity index (χ1n) is 7.08. The number of rotatable bonds is 3. The first-order valence-corrected chi connectivity index (χ1v) is 7.87. The van der Waals surface area contributed by atoms with Crippen molar-refractivity contribution in [1.82, 2.24) is 0 Å². The van der Waals surface area contributed by atoms with Gasteiger partial charge in [-0.25, -0.2) is 0 Å². The van der Waals surface area contributed by atoms with E-state index < -0.39 is 0 Å². The predicted octanol–water partition coefficient (Wildman–Crippen LogP) is 4.40. The molecule has 0 heterocycles. The van der Waals surface area contributed by atoms with E-state index in [9.17, 15) is 0 Å². The summed E-state index contributed by atoms with van der Waals surface area (Å²) in [5, 5.41) is 3.72. The van der Waals surface area contributed by atoms with Gasteiger partial charge in [0.05, 0.1) is 5.54 Å². The molecule has 19 heavy (non-hydrogen) atoms. The Morgan fingerprint density at radius 2 is 2.11 bits per heavy atom. The zero-order valence-electron chi connectivity index (χ0n) is 12.2. The molecule has 2 atom stereocenters. The van der Waals surface area contributed by atoms with Crippen molar-refractivity contribution >= 4 is 21.6 Å². The van der Waals surface area contributed by atoms with Gasteiger partial charge in [0, 0.05) is 16.7 Å². The fraction of sp³-hybridized carbons (Fsp3) is 0.625. The molecular formula is C16H25BrN2. The summed E-state index contributed by atoms with van der Waals surface area (Å²) in [6.07, 6.45) is 3.57. The molecule has 1 aliphatic carbocycles. The molecule has 0 spiro atoms. The summed E-state index contributed by atoms with van der Waals surface area (Å²) in [5.74, 6) is 0.715. The Hall–Kier alpha value is -0.540. The number of anilines is 1. The van der Waals surface area contributed by atoms with Crippen LogP contribution in [-0.2, 0) is 0 Å². The monoisotopic (exact) mass is 324 g/mol. The van der Waals surface area contributed by atoms with Crippen LogP contribution in [0.25, 0.3) is 0 Å². The van der Waals surface area contributed by atoms with Crippen molar-refractivity contribution in [3.8, 4) is 0 Å². The van der Waals surface area contributed by atoms with Crippen LogP contribution in [0.5, 0.6) is 0 Å². The molecule has 1 aromatic rings. The predicted molar refractivity (Wildman–Crippen MR) is 86.3 cm³/mol. The van der Waals surface area contributed by atoms with E-state index in [0.29, 0.717) is 17.9 Å². The second-order valence-corrected chi connectivity index (χ2v) is 7.89. The van der Waals surface area contributed by atoms with E-state index >= 15 is 0 Å². The molecule has 0 amide bonds. The molecule has 2 unspecified atom stereocenters. The molecule has 0 radical (unpaired) electrons. The van der Waals surface area contributed by atoms with Gasteiger partial charge < -0.3 is 11.1 Å². The van der Waals surface area contributed by atoms with E-state index in [1.807, 2.05) is 6.07 Å². The van der Waals surface area contributed by atoms with Crippen LogP contribution < -0.4 is 11.1 Å². The average molecular weight is 325 g/mol. The van der Waals surface area contributed by atoms with Crippen molar-refractivity contribution in [3.63, 3.8) is 0 Å². The molecule has 1 aromatic carbocycles. The summed E-state index contributed by atoms with van der Waals surface area (Å²) >= 11 is 3.53. The van der Waals surface area contributed by atoms with Crippen molar-refractivity contribution in [1.29, 1.82) is 0 Å². The van der Waals surface area contributed by atoms with E-state index in [1.54, 1.807) is 0 Å². The molecule has 1 fully saturated rings. The molecule has 2 rings (SSSR count). The number of hydrogen-bond donors (Lipinski definition) is 2. The van der Waals surface area contributed by atoms with Crippen molar-refractivity contribution in [2.45, 2.75) is 45.6 Å². The average Bonchev–Trinajstić information content (AvgIpc) is 2.26. The van der Waals surface area contributed by atoms with Gasteiger partial charge >= 0.3 is 0 Å². The smallest absolute Gasteiger partial charge is 0.0503 e. The third kappa shape index (κ3) is 3.73. The second kappa shape index (κ2) is 5.45. The molecule has 0 aliphatic heterocycles. The van der Waals surface area contributed by atoms with Crippen LogP contribution in [0.3, 0.4) is 0 Å². The fourth-order valence-corrected chi connectivity index (χ4v) is 4.32. The summed E-state index contributed by atoms with van der Waals surface area (Å²) in [7, 11) is 0. The third-order valence-corrected chi connectivity index (χ3v) is 4.58. The molecule has 106 valence electrons. The van der Waals surface area contributed by atoms with Crippen LogP contribution in [0.2, 0.25) is 0 Å². The zero-order valence-corrected chi connectivity index (χ0v) is 13.8. The van der Waals surface area contributed by atoms with E-state index in [1.165, 1.54) is 6.42 Å². The highest BCUT2D eigenvalue weighted by Crippen LogP contribution is 2.44. The summed E-state index contributed by atoms with van der Waals surface area (Å²) in [5.41, 5.74) is 7.68. The van der Waals surface area contributed by atoms with E-state index in [0.717, 1.165) is 23.0 Å². The summed E-state index contributed by atoms with van der Waals surface area (Å²) < 4.78 is 1.10. The van der Waals surface area contributed by atoms with Crippen LogP contribution in [0.15, 0.2) is 28.7 Å². The van der Waals surface area contributed by atoms with Gasteiger partial charge in [-0.2, -0.15) is 0 Å². The van der Waals surface area contributed by atoms with Crippen molar-refractivity contribution in [2.24, 2.45) is 17.1 Å². The lowest BCUT2D eigenvalue weighted by atomic mass is 9.64. The molecule has 0 saturated heterocycles. The standard InChI is InChI=1S/C16H25BrN2/c1-12-8-15(2,3)10-16(9-12,11-18)19-14-6-4-5-13(17)7-14/h4-7,12,19H,8-11,18H2,1-3H3. The molecule has 3 heteroatoms. The summed E-state index contributed by atoms with van der Waals surface area (Å²) in [6, 6.07) is 8.36. The molecule has 3 N–H and O–H groups in total. The minimum absolute atomic E-state index is 0.0297. The minimum Gasteiger partial charge on any atom is -0.378 e. The van der Waals surface area contributed by atoms with Gasteiger partial charge in [0.1, 0.15) is 0 Å². The van der Waals surface area contributed by atoms with Crippen LogP contribution in [-0.4, -0.2) is 12.1 Å². The Morgan fingerprint density at radius 1 is 1.37 bits per heavy atom. The Morgan fingerprint density at radius 3 is 2.68 bits per heavy atom. The Bertz CT molecular complexity index is 444. The largest absolute Gasteiger partial charge is 0.378 e. The lowest BCUT2D eigenvalue weighted by molar-refractivity contribution is 0.125. The van der Waals surface area contributed by atoms with E-state index in [2.05, 4.69) is 60.2 Å². The highest BCUT2D eigenvalue weighted by Gasteiger charge is 2.41. The Labute approximate surface area is 125 Å². The highest BCUT2D eigenvalue weighted by atomic mass is 79.9. The Kier molecular flexibility index (Phi) is 4.26. The lowest BCUT2D eigenvalue weighted by Crippen LogP contribution is -2.52. The van der Waals surface area contributed by atoms with Gasteiger partial charge in [-0.15, -0.1) is 0 Å². The van der Waals surface area contributed by atoms with E-state index in [4.69, 9.17) is 5.73 Å². The number of hydrogen-bond acceptors (Lipinski definition) is 2. The van der Waals surface area contributed by atoms with Gasteiger partial charge in [-0.3, -0.25) is 0 Å². The normalized spacial score (nSPS) is 30.1. The number of nitrogens with two attached hydrogens (primary N) is 1. The summed E-state index contributed by atoms with van der Waals surface area (Å²) in [6.45, 7) is 7.74. The van der Waals surface area contributed by atoms with Crippen LogP contribution >= 0.6 is 15.9 Å². The molecule has 2 nitrogen and oxygen atoms in total. The molecule has 1 saturated carbocycles. The number of nitrogens with one attached hydrogen (secondary N) is 1. The van der Waals surface area contributed by atoms with Crippen LogP contribution in [0, 0.1) is 11.3 Å². The quantitative estimate of drug-likeness (QED) is 0.864. The fourth-order valence-electron chi connectivity index (χ4n) is 3.92. The van der Waals surface area contributed by atoms with E-state index in [-0.39, 0.29) is 5.54 Å². The number of benzene rings is 1. The van der Waals surface area contributed by atoms with Gasteiger partial charge in [0.15, 0.2) is 0 Å². The third-order valence-electron chi connectivity index (χ3n) is 4.08. The maximum Gasteiger partial charge on any atom is 0.0503 e. The zero-order chi connectivity index (χ0) is 14.1. The summed E-state index contributed by atoms with van der Waals surface area (Å²) in [4.78, 5) is 0. The first kappa shape index (κ1) is 14.9. The van der Waals surface area contributed by atoms with Crippen molar-refractivity contribution in [2.75, 3.05) is 11.9 Å². The SMILES string of the molecule is CC1CC(C)(C)CC(CN)(Nc2cccc(Br)c2)C1. The van der Waals surface area contributed by atoms with Crippen LogP contribution in [0.4, 0.5) is 5.69 Å². The lowest BCUT2D eigenvalue weighted by Gasteiger charge is -2.48. The van der Waals surface area contributed by atoms with Gasteiger partial charge in [0.2, 0.25) is 0 Å². The topological polar surface area (TPSA) is 38.0 Å².